The molecule has 1 fully saturated rings. The molecule has 1 atom stereocenters. The van der Waals surface area contributed by atoms with Crippen LogP contribution in [0.2, 0.25) is 0 Å². The SMILES string of the molecule is CC(C)OP(=O)(OC(C)(C)C)SCCN1CCN(C)CC1. The fraction of sp³-hybridized carbons (Fsp3) is 1.00. The molecule has 0 spiro atoms. The summed E-state index contributed by atoms with van der Waals surface area (Å²) in [5.41, 5.74) is -0.467. The van der Waals surface area contributed by atoms with Crippen molar-refractivity contribution in [3.8, 4) is 0 Å². The van der Waals surface area contributed by atoms with Crippen LogP contribution in [0, 0.1) is 0 Å². The zero-order chi connectivity index (χ0) is 16.1. The van der Waals surface area contributed by atoms with E-state index >= 15 is 0 Å². The van der Waals surface area contributed by atoms with Crippen molar-refractivity contribution < 1.29 is 13.6 Å². The Morgan fingerprint density at radius 2 is 1.76 bits per heavy atom. The smallest absolute Gasteiger partial charge is 0.304 e. The Balaban J connectivity index is 2.44. The van der Waals surface area contributed by atoms with Crippen LogP contribution in [-0.2, 0) is 13.6 Å². The summed E-state index contributed by atoms with van der Waals surface area (Å²) in [6.07, 6.45) is -0.102. The van der Waals surface area contributed by atoms with Crippen molar-refractivity contribution in [2.75, 3.05) is 45.5 Å². The molecule has 7 heteroatoms. The van der Waals surface area contributed by atoms with Crippen LogP contribution in [0.1, 0.15) is 34.6 Å². The highest BCUT2D eigenvalue weighted by atomic mass is 32.7. The lowest BCUT2D eigenvalue weighted by Gasteiger charge is -2.33. The molecule has 1 aliphatic rings. The van der Waals surface area contributed by atoms with Gasteiger partial charge in [0.05, 0.1) is 11.7 Å². The summed E-state index contributed by atoms with van der Waals surface area (Å²) in [5.74, 6) is 0.768. The van der Waals surface area contributed by atoms with Gasteiger partial charge in [0, 0.05) is 38.5 Å². The second-order valence-electron chi connectivity index (χ2n) is 6.78. The number of piperazine rings is 1. The van der Waals surface area contributed by atoms with Gasteiger partial charge in [-0.05, 0) is 53.0 Å². The number of rotatable bonds is 7. The van der Waals surface area contributed by atoms with Crippen molar-refractivity contribution >= 4 is 18.2 Å². The monoisotopic (exact) mass is 338 g/mol. The molecule has 1 unspecified atom stereocenters. The normalized spacial score (nSPS) is 21.7. The molecule has 126 valence electrons. The fourth-order valence-electron chi connectivity index (χ4n) is 2.03. The summed E-state index contributed by atoms with van der Waals surface area (Å²) < 4.78 is 24.1. The average Bonchev–Trinajstić information content (AvgIpc) is 2.27. The highest BCUT2D eigenvalue weighted by Gasteiger charge is 2.32. The highest BCUT2D eigenvalue weighted by Crippen LogP contribution is 2.63. The van der Waals surface area contributed by atoms with Crippen LogP contribution in [0.5, 0.6) is 0 Å². The molecule has 5 nitrogen and oxygen atoms in total. The molecule has 0 aliphatic carbocycles. The van der Waals surface area contributed by atoms with Crippen molar-refractivity contribution in [1.82, 2.24) is 9.80 Å². The summed E-state index contributed by atoms with van der Waals surface area (Å²) in [6.45, 7) is 11.7. The third-order valence-corrected chi connectivity index (χ3v) is 7.09. The van der Waals surface area contributed by atoms with Crippen LogP contribution in [0.3, 0.4) is 0 Å². The Kier molecular flexibility index (Phi) is 7.71. The van der Waals surface area contributed by atoms with E-state index in [2.05, 4.69) is 16.8 Å². The number of nitrogens with zero attached hydrogens (tertiary/aromatic N) is 2. The second kappa shape index (κ2) is 8.32. The van der Waals surface area contributed by atoms with Gasteiger partial charge in [-0.1, -0.05) is 0 Å². The largest absolute Gasteiger partial charge is 0.389 e. The quantitative estimate of drug-likeness (QED) is 0.664. The fourth-order valence-corrected chi connectivity index (χ4v) is 6.38. The molecule has 0 N–H and O–H groups in total. The predicted octanol–water partition coefficient (Wildman–Crippen LogP) is 3.32. The van der Waals surface area contributed by atoms with Crippen LogP contribution < -0.4 is 0 Å². The number of hydrogen-bond acceptors (Lipinski definition) is 6. The van der Waals surface area contributed by atoms with E-state index < -0.39 is 12.4 Å². The lowest BCUT2D eigenvalue weighted by molar-refractivity contribution is 0.0925. The Hall–Kier alpha value is 0.420. The molecule has 0 amide bonds. The van der Waals surface area contributed by atoms with Crippen molar-refractivity contribution in [2.24, 2.45) is 0 Å². The first-order valence-electron chi connectivity index (χ1n) is 7.64. The van der Waals surface area contributed by atoms with Gasteiger partial charge in [-0.3, -0.25) is 13.9 Å². The molecule has 0 aromatic heterocycles. The first kappa shape index (κ1) is 19.5. The molecular weight excluding hydrogens is 307 g/mol. The zero-order valence-electron chi connectivity index (χ0n) is 14.3. The molecule has 0 bridgehead atoms. The molecule has 1 heterocycles. The third kappa shape index (κ3) is 8.58. The van der Waals surface area contributed by atoms with Gasteiger partial charge in [0.25, 0.3) is 0 Å². The highest BCUT2D eigenvalue weighted by molar-refractivity contribution is 8.55. The molecule has 1 aliphatic heterocycles. The minimum absolute atomic E-state index is 0.102. The standard InChI is InChI=1S/C14H31N2O3PS/c1-13(2)18-20(17,19-14(3,4)5)21-12-11-16-9-7-15(6)8-10-16/h13H,7-12H2,1-6H3. The minimum Gasteiger partial charge on any atom is -0.304 e. The van der Waals surface area contributed by atoms with Gasteiger partial charge >= 0.3 is 6.80 Å². The Labute approximate surface area is 134 Å². The predicted molar refractivity (Wildman–Crippen MR) is 91.1 cm³/mol. The van der Waals surface area contributed by atoms with Gasteiger partial charge in [0.1, 0.15) is 0 Å². The first-order valence-corrected chi connectivity index (χ1v) is 10.8. The topological polar surface area (TPSA) is 42.0 Å². The van der Waals surface area contributed by atoms with Crippen LogP contribution >= 0.6 is 18.2 Å². The van der Waals surface area contributed by atoms with E-state index in [0.29, 0.717) is 0 Å². The van der Waals surface area contributed by atoms with Crippen LogP contribution in [0.4, 0.5) is 0 Å². The van der Waals surface area contributed by atoms with Crippen LogP contribution in [0.25, 0.3) is 0 Å². The Morgan fingerprint density at radius 1 is 1.19 bits per heavy atom. The van der Waals surface area contributed by atoms with E-state index in [1.165, 1.54) is 11.4 Å². The minimum atomic E-state index is -3.10. The van der Waals surface area contributed by atoms with Crippen molar-refractivity contribution in [1.29, 1.82) is 0 Å². The van der Waals surface area contributed by atoms with E-state index in [0.717, 1.165) is 38.5 Å². The summed E-state index contributed by atoms with van der Waals surface area (Å²) in [4.78, 5) is 4.74. The molecule has 0 aromatic carbocycles. The van der Waals surface area contributed by atoms with Gasteiger partial charge < -0.3 is 4.90 Å². The van der Waals surface area contributed by atoms with Crippen LogP contribution in [-0.4, -0.2) is 67.0 Å². The molecule has 0 radical (unpaired) electrons. The van der Waals surface area contributed by atoms with Gasteiger partial charge in [-0.2, -0.15) is 0 Å². The Bertz CT molecular complexity index is 353. The average molecular weight is 338 g/mol. The zero-order valence-corrected chi connectivity index (χ0v) is 16.0. The number of hydrogen-bond donors (Lipinski definition) is 0. The maximum Gasteiger partial charge on any atom is 0.389 e. The van der Waals surface area contributed by atoms with Gasteiger partial charge in [-0.25, -0.2) is 4.57 Å². The van der Waals surface area contributed by atoms with E-state index in [4.69, 9.17) is 9.05 Å². The van der Waals surface area contributed by atoms with Gasteiger partial charge in [0.15, 0.2) is 0 Å². The molecule has 0 aromatic rings. The molecule has 1 rings (SSSR count). The first-order chi connectivity index (χ1) is 9.60. The molecule has 0 saturated carbocycles. The van der Waals surface area contributed by atoms with E-state index in [1.807, 2.05) is 34.6 Å². The lowest BCUT2D eigenvalue weighted by Crippen LogP contribution is -2.45. The van der Waals surface area contributed by atoms with Crippen LogP contribution in [0.15, 0.2) is 0 Å². The van der Waals surface area contributed by atoms with Gasteiger partial charge in [-0.15, -0.1) is 0 Å². The maximum absolute atomic E-state index is 12.8. The van der Waals surface area contributed by atoms with E-state index in [-0.39, 0.29) is 6.10 Å². The molecule has 1 saturated heterocycles. The summed E-state index contributed by atoms with van der Waals surface area (Å²) in [6, 6.07) is 0. The number of likely N-dealkylation sites (N-methyl/N-ethyl adjacent to an activating group) is 1. The van der Waals surface area contributed by atoms with Crippen molar-refractivity contribution in [3.05, 3.63) is 0 Å². The second-order valence-corrected chi connectivity index (χ2v) is 10.9. The summed E-state index contributed by atoms with van der Waals surface area (Å²) in [5, 5.41) is 0. The summed E-state index contributed by atoms with van der Waals surface area (Å²) >= 11 is 1.33. The van der Waals surface area contributed by atoms with E-state index in [9.17, 15) is 4.57 Å². The van der Waals surface area contributed by atoms with Crippen molar-refractivity contribution in [2.45, 2.75) is 46.3 Å². The Morgan fingerprint density at radius 3 is 2.24 bits per heavy atom. The lowest BCUT2D eigenvalue weighted by atomic mass is 10.2. The maximum atomic E-state index is 12.8. The van der Waals surface area contributed by atoms with Gasteiger partial charge in [0.2, 0.25) is 0 Å². The molecule has 21 heavy (non-hydrogen) atoms. The summed E-state index contributed by atoms with van der Waals surface area (Å²) in [7, 11) is 2.15. The van der Waals surface area contributed by atoms with E-state index in [1.54, 1.807) is 0 Å². The molecular formula is C14H31N2O3PS. The third-order valence-electron chi connectivity index (χ3n) is 2.98. The van der Waals surface area contributed by atoms with Crippen molar-refractivity contribution in [3.63, 3.8) is 0 Å².